The SMILES string of the molecule is CC.CSc1ccc2c(c1)OCC[C@@H]2N1CCC(F)(F)CC1c1ccc(F)cc1. The van der Waals surface area contributed by atoms with Gasteiger partial charge in [0.1, 0.15) is 11.6 Å². The van der Waals surface area contributed by atoms with Crippen LogP contribution in [0.5, 0.6) is 5.75 Å². The summed E-state index contributed by atoms with van der Waals surface area (Å²) in [6, 6.07) is 11.7. The molecule has 2 heterocycles. The van der Waals surface area contributed by atoms with E-state index in [0.29, 0.717) is 13.2 Å². The number of halogens is 3. The molecule has 2 aliphatic rings. The third-order valence-corrected chi connectivity index (χ3v) is 6.24. The summed E-state index contributed by atoms with van der Waals surface area (Å²) in [6.45, 7) is 4.88. The van der Waals surface area contributed by atoms with E-state index in [9.17, 15) is 13.2 Å². The fraction of sp³-hybridized carbons (Fsp3) is 0.478. The van der Waals surface area contributed by atoms with Crippen LogP contribution in [0.2, 0.25) is 0 Å². The van der Waals surface area contributed by atoms with E-state index < -0.39 is 12.0 Å². The van der Waals surface area contributed by atoms with E-state index in [-0.39, 0.29) is 24.7 Å². The number of rotatable bonds is 3. The Morgan fingerprint density at radius 1 is 1.07 bits per heavy atom. The van der Waals surface area contributed by atoms with Crippen molar-refractivity contribution in [2.45, 2.75) is 56.0 Å². The van der Waals surface area contributed by atoms with Crippen molar-refractivity contribution in [1.29, 1.82) is 0 Å². The Morgan fingerprint density at radius 2 is 1.79 bits per heavy atom. The van der Waals surface area contributed by atoms with Gasteiger partial charge in [-0.3, -0.25) is 4.90 Å². The van der Waals surface area contributed by atoms with E-state index >= 15 is 0 Å². The van der Waals surface area contributed by atoms with Crippen LogP contribution in [0.25, 0.3) is 0 Å². The van der Waals surface area contributed by atoms with E-state index in [4.69, 9.17) is 4.74 Å². The fourth-order valence-electron chi connectivity index (χ4n) is 4.14. The van der Waals surface area contributed by atoms with Gasteiger partial charge in [0.25, 0.3) is 5.92 Å². The van der Waals surface area contributed by atoms with Crippen LogP contribution in [0.3, 0.4) is 0 Å². The van der Waals surface area contributed by atoms with Gasteiger partial charge in [-0.05, 0) is 36.1 Å². The molecule has 0 amide bonds. The lowest BCUT2D eigenvalue weighted by atomic mass is 9.88. The quantitative estimate of drug-likeness (QED) is 0.500. The molecule has 1 saturated heterocycles. The Hall–Kier alpha value is -1.66. The van der Waals surface area contributed by atoms with Gasteiger partial charge in [0.15, 0.2) is 0 Å². The molecule has 0 N–H and O–H groups in total. The molecular formula is C23H28F3NOS. The molecule has 1 unspecified atom stereocenters. The fourth-order valence-corrected chi connectivity index (χ4v) is 4.57. The molecule has 0 aromatic heterocycles. The molecule has 0 radical (unpaired) electrons. The normalized spacial score (nSPS) is 23.4. The molecule has 1 fully saturated rings. The number of hydrogen-bond donors (Lipinski definition) is 0. The highest BCUT2D eigenvalue weighted by Gasteiger charge is 2.44. The second-order valence-corrected chi connectivity index (χ2v) is 8.05. The van der Waals surface area contributed by atoms with Gasteiger partial charge in [-0.1, -0.05) is 32.0 Å². The molecule has 0 spiro atoms. The van der Waals surface area contributed by atoms with Crippen molar-refractivity contribution in [3.05, 3.63) is 59.4 Å². The molecule has 0 saturated carbocycles. The number of piperidine rings is 1. The van der Waals surface area contributed by atoms with Crippen LogP contribution < -0.4 is 4.74 Å². The monoisotopic (exact) mass is 423 g/mol. The molecule has 2 nitrogen and oxygen atoms in total. The van der Waals surface area contributed by atoms with Crippen LogP contribution in [-0.4, -0.2) is 30.2 Å². The minimum Gasteiger partial charge on any atom is -0.493 e. The lowest BCUT2D eigenvalue weighted by Gasteiger charge is -2.45. The molecule has 0 bridgehead atoms. The highest BCUT2D eigenvalue weighted by atomic mass is 32.2. The highest BCUT2D eigenvalue weighted by Crippen LogP contribution is 2.47. The molecule has 2 aromatic carbocycles. The number of benzene rings is 2. The van der Waals surface area contributed by atoms with Crippen LogP contribution in [-0.2, 0) is 0 Å². The van der Waals surface area contributed by atoms with Crippen molar-refractivity contribution in [1.82, 2.24) is 4.90 Å². The molecule has 2 atom stereocenters. The summed E-state index contributed by atoms with van der Waals surface area (Å²) in [5.41, 5.74) is 1.79. The minimum absolute atomic E-state index is 0.0239. The zero-order valence-corrected chi connectivity index (χ0v) is 17.9. The first-order valence-electron chi connectivity index (χ1n) is 10.2. The molecule has 158 valence electrons. The van der Waals surface area contributed by atoms with Crippen LogP contribution in [0.15, 0.2) is 47.4 Å². The topological polar surface area (TPSA) is 12.5 Å². The van der Waals surface area contributed by atoms with Gasteiger partial charge in [0.05, 0.1) is 6.61 Å². The Balaban J connectivity index is 0.00000117. The number of hydrogen-bond acceptors (Lipinski definition) is 3. The number of alkyl halides is 2. The smallest absolute Gasteiger partial charge is 0.251 e. The van der Waals surface area contributed by atoms with Crippen LogP contribution in [0.1, 0.15) is 56.3 Å². The summed E-state index contributed by atoms with van der Waals surface area (Å²) < 4.78 is 47.6. The number of thioether (sulfide) groups is 1. The van der Waals surface area contributed by atoms with Gasteiger partial charge in [0.2, 0.25) is 0 Å². The first-order valence-corrected chi connectivity index (χ1v) is 11.4. The van der Waals surface area contributed by atoms with Gasteiger partial charge in [0, 0.05) is 48.3 Å². The van der Waals surface area contributed by atoms with Crippen molar-refractivity contribution in [2.24, 2.45) is 0 Å². The Kier molecular flexibility index (Phi) is 7.17. The molecule has 29 heavy (non-hydrogen) atoms. The first kappa shape index (κ1) is 22.0. The van der Waals surface area contributed by atoms with Gasteiger partial charge >= 0.3 is 0 Å². The van der Waals surface area contributed by atoms with Gasteiger partial charge in [-0.25, -0.2) is 13.2 Å². The molecule has 4 rings (SSSR count). The summed E-state index contributed by atoms with van der Waals surface area (Å²) in [7, 11) is 0. The van der Waals surface area contributed by atoms with Gasteiger partial charge < -0.3 is 4.74 Å². The Labute approximate surface area is 175 Å². The summed E-state index contributed by atoms with van der Waals surface area (Å²) in [5.74, 6) is -2.21. The number of fused-ring (bicyclic) bond motifs is 1. The van der Waals surface area contributed by atoms with E-state index in [1.807, 2.05) is 26.2 Å². The maximum absolute atomic E-state index is 14.2. The number of nitrogens with zero attached hydrogens (tertiary/aromatic N) is 1. The third-order valence-electron chi connectivity index (χ3n) is 5.51. The zero-order valence-electron chi connectivity index (χ0n) is 17.1. The lowest BCUT2D eigenvalue weighted by Crippen LogP contribution is -2.44. The molecule has 2 aromatic rings. The Bertz CT molecular complexity index is 812. The predicted molar refractivity (Wildman–Crippen MR) is 112 cm³/mol. The molecule has 0 aliphatic carbocycles. The largest absolute Gasteiger partial charge is 0.493 e. The van der Waals surface area contributed by atoms with E-state index in [1.165, 1.54) is 12.1 Å². The molecule has 6 heteroatoms. The van der Waals surface area contributed by atoms with Crippen LogP contribution in [0, 0.1) is 5.82 Å². The van der Waals surface area contributed by atoms with Crippen molar-refractivity contribution < 1.29 is 17.9 Å². The first-order chi connectivity index (χ1) is 14.0. The highest BCUT2D eigenvalue weighted by molar-refractivity contribution is 7.98. The summed E-state index contributed by atoms with van der Waals surface area (Å²) in [5, 5.41) is 0. The van der Waals surface area contributed by atoms with Crippen molar-refractivity contribution in [3.8, 4) is 5.75 Å². The number of likely N-dealkylation sites (tertiary alicyclic amines) is 1. The minimum atomic E-state index is -2.70. The van der Waals surface area contributed by atoms with Gasteiger partial charge in [-0.15, -0.1) is 11.8 Å². The zero-order chi connectivity index (χ0) is 21.0. The second kappa shape index (κ2) is 9.43. The molecular weight excluding hydrogens is 395 g/mol. The average Bonchev–Trinajstić information content (AvgIpc) is 2.74. The standard InChI is InChI=1S/C21H22F3NOS.C2H6/c1-27-16-6-7-17-18(8-11-26-20(17)12-16)25-10-9-21(23,24)13-19(25)14-2-4-15(22)5-3-14;1-2/h2-7,12,18-19H,8-11,13H2,1H3;1-2H3/t18-,19?;/m0./s1. The summed E-state index contributed by atoms with van der Waals surface area (Å²) in [6.07, 6.45) is 2.38. The van der Waals surface area contributed by atoms with Crippen molar-refractivity contribution >= 4 is 11.8 Å². The van der Waals surface area contributed by atoms with Crippen LogP contribution in [0.4, 0.5) is 13.2 Å². The van der Waals surface area contributed by atoms with E-state index in [0.717, 1.165) is 28.2 Å². The van der Waals surface area contributed by atoms with Crippen molar-refractivity contribution in [3.63, 3.8) is 0 Å². The van der Waals surface area contributed by atoms with E-state index in [2.05, 4.69) is 17.0 Å². The lowest BCUT2D eigenvalue weighted by molar-refractivity contribution is -0.0931. The average molecular weight is 424 g/mol. The molecule has 2 aliphatic heterocycles. The van der Waals surface area contributed by atoms with Crippen molar-refractivity contribution in [2.75, 3.05) is 19.4 Å². The maximum Gasteiger partial charge on any atom is 0.251 e. The maximum atomic E-state index is 14.2. The van der Waals surface area contributed by atoms with E-state index in [1.54, 1.807) is 23.9 Å². The second-order valence-electron chi connectivity index (χ2n) is 7.17. The summed E-state index contributed by atoms with van der Waals surface area (Å²) in [4.78, 5) is 3.28. The predicted octanol–water partition coefficient (Wildman–Crippen LogP) is 6.87. The van der Waals surface area contributed by atoms with Gasteiger partial charge in [-0.2, -0.15) is 0 Å². The van der Waals surface area contributed by atoms with Crippen LogP contribution >= 0.6 is 11.8 Å². The third kappa shape index (κ3) is 4.92. The summed E-state index contributed by atoms with van der Waals surface area (Å²) >= 11 is 1.65. The Morgan fingerprint density at radius 3 is 2.48 bits per heavy atom. The number of ether oxygens (including phenoxy) is 1.